The molecule has 3 fully saturated rings. The summed E-state index contributed by atoms with van der Waals surface area (Å²) < 4.78 is 1.51. The van der Waals surface area contributed by atoms with Crippen molar-refractivity contribution >= 4 is 29.4 Å². The summed E-state index contributed by atoms with van der Waals surface area (Å²) in [6, 6.07) is 6.46. The van der Waals surface area contributed by atoms with Crippen molar-refractivity contribution in [1.29, 1.82) is 0 Å². The first-order chi connectivity index (χ1) is 19.7. The van der Waals surface area contributed by atoms with Crippen molar-refractivity contribution in [3.8, 4) is 0 Å². The van der Waals surface area contributed by atoms with Gasteiger partial charge in [-0.1, -0.05) is 13.0 Å². The normalized spacial score (nSPS) is 24.1. The number of hydrogen-bond donors (Lipinski definition) is 4. The van der Waals surface area contributed by atoms with Crippen molar-refractivity contribution in [1.82, 2.24) is 30.6 Å². The van der Waals surface area contributed by atoms with E-state index >= 15 is 0 Å². The standard InChI is InChI=1S/C30H39N7O4/c1-4-21-16-37(29(41)34-21)30(28(40)31-2)14-19-9-10-22(13-20(19)15-30)33-27(39)25(24(17-5-6-17)18-7-8-18)35-26(38)23-11-12-32-36(23)3/h9-13,17-18,21,24-25H,4-8,14-16H2,1-3H3,(H,31,40)(H,33,39)(H,34,41)(H,35,38)/t21-,25+,30?/m1/s1. The molecule has 2 saturated carbocycles. The number of anilines is 1. The molecule has 0 bridgehead atoms. The van der Waals surface area contributed by atoms with Gasteiger partial charge in [-0.3, -0.25) is 19.1 Å². The maximum absolute atomic E-state index is 13.8. The number of hydrogen-bond acceptors (Lipinski definition) is 5. The monoisotopic (exact) mass is 561 g/mol. The van der Waals surface area contributed by atoms with Gasteiger partial charge < -0.3 is 26.2 Å². The SMILES string of the molecule is CC[C@@H]1CN(C2(C(=O)NC)Cc3ccc(NC(=O)[C@@H](NC(=O)c4ccnn4C)C(C4CC4)C4CC4)cc3C2)C(=O)N1. The van der Waals surface area contributed by atoms with E-state index in [-0.39, 0.29) is 35.7 Å². The summed E-state index contributed by atoms with van der Waals surface area (Å²) in [6.07, 6.45) is 7.45. The molecule has 41 heavy (non-hydrogen) atoms. The zero-order valence-corrected chi connectivity index (χ0v) is 23.9. The Balaban J connectivity index is 1.23. The van der Waals surface area contributed by atoms with Crippen LogP contribution in [-0.2, 0) is 29.5 Å². The fraction of sp³-hybridized carbons (Fsp3) is 0.567. The molecule has 218 valence electrons. The predicted molar refractivity (Wildman–Crippen MR) is 152 cm³/mol. The first kappa shape index (κ1) is 27.3. The Kier molecular flexibility index (Phi) is 6.99. The molecule has 1 unspecified atom stereocenters. The van der Waals surface area contributed by atoms with Gasteiger partial charge in [-0.2, -0.15) is 5.10 Å². The van der Waals surface area contributed by atoms with Crippen LogP contribution in [0.1, 0.15) is 60.6 Å². The first-order valence-electron chi connectivity index (χ1n) is 14.8. The fourth-order valence-corrected chi connectivity index (χ4v) is 6.90. The van der Waals surface area contributed by atoms with Crippen molar-refractivity contribution in [2.45, 2.75) is 69.5 Å². The lowest BCUT2D eigenvalue weighted by atomic mass is 9.88. The van der Waals surface area contributed by atoms with Crippen LogP contribution in [0, 0.1) is 17.8 Å². The number of amides is 5. The number of nitrogens with zero attached hydrogens (tertiary/aromatic N) is 3. The summed E-state index contributed by atoms with van der Waals surface area (Å²) in [5.41, 5.74) is 1.91. The van der Waals surface area contributed by atoms with E-state index in [0.717, 1.165) is 43.2 Å². The number of nitrogens with one attached hydrogen (secondary N) is 4. The highest BCUT2D eigenvalue weighted by Crippen LogP contribution is 2.51. The van der Waals surface area contributed by atoms with Crippen molar-refractivity contribution in [3.63, 3.8) is 0 Å². The van der Waals surface area contributed by atoms with Crippen molar-refractivity contribution in [2.75, 3.05) is 18.9 Å². The fourth-order valence-electron chi connectivity index (χ4n) is 6.90. The molecule has 1 aromatic carbocycles. The van der Waals surface area contributed by atoms with Gasteiger partial charge in [0.05, 0.1) is 0 Å². The smallest absolute Gasteiger partial charge is 0.318 e. The first-order valence-corrected chi connectivity index (χ1v) is 14.8. The van der Waals surface area contributed by atoms with Crippen LogP contribution in [0.5, 0.6) is 0 Å². The number of rotatable bonds is 10. The number of aryl methyl sites for hydroxylation is 1. The molecule has 0 radical (unpaired) electrons. The number of aromatic nitrogens is 2. The summed E-state index contributed by atoms with van der Waals surface area (Å²) in [7, 11) is 3.31. The molecule has 6 rings (SSSR count). The highest BCUT2D eigenvalue weighted by molar-refractivity contribution is 6.01. The van der Waals surface area contributed by atoms with Gasteiger partial charge in [0.1, 0.15) is 17.3 Å². The number of carbonyl (C=O) groups is 4. The highest BCUT2D eigenvalue weighted by atomic mass is 16.2. The van der Waals surface area contributed by atoms with Crippen LogP contribution in [-0.4, -0.2) is 69.6 Å². The largest absolute Gasteiger partial charge is 0.357 e. The van der Waals surface area contributed by atoms with Crippen molar-refractivity contribution in [2.24, 2.45) is 24.8 Å². The Bertz CT molecular complexity index is 1370. The van der Waals surface area contributed by atoms with Crippen molar-refractivity contribution in [3.05, 3.63) is 47.3 Å². The third-order valence-electron chi connectivity index (χ3n) is 9.41. The summed E-state index contributed by atoms with van der Waals surface area (Å²) in [4.78, 5) is 54.9. The number of likely N-dealkylation sites (N-methyl/N-ethyl adjacent to an activating group) is 1. The summed E-state index contributed by atoms with van der Waals surface area (Å²) in [5, 5.41) is 16.0. The molecule has 3 aliphatic carbocycles. The van der Waals surface area contributed by atoms with Gasteiger partial charge in [-0.25, -0.2) is 4.79 Å². The van der Waals surface area contributed by atoms with Crippen LogP contribution < -0.4 is 21.3 Å². The molecule has 0 spiro atoms. The molecule has 1 saturated heterocycles. The number of benzene rings is 1. The zero-order valence-electron chi connectivity index (χ0n) is 23.9. The van der Waals surface area contributed by atoms with E-state index in [9.17, 15) is 19.2 Å². The van der Waals surface area contributed by atoms with E-state index < -0.39 is 11.6 Å². The van der Waals surface area contributed by atoms with Gasteiger partial charge in [-0.15, -0.1) is 0 Å². The molecule has 1 aromatic heterocycles. The number of fused-ring (bicyclic) bond motifs is 1. The van der Waals surface area contributed by atoms with Crippen LogP contribution in [0.25, 0.3) is 0 Å². The summed E-state index contributed by atoms with van der Waals surface area (Å²) >= 11 is 0. The van der Waals surface area contributed by atoms with Crippen LogP contribution in [0.3, 0.4) is 0 Å². The lowest BCUT2D eigenvalue weighted by Gasteiger charge is -2.36. The molecule has 1 aliphatic heterocycles. The summed E-state index contributed by atoms with van der Waals surface area (Å²) in [6.45, 7) is 2.49. The second-order valence-electron chi connectivity index (χ2n) is 12.1. The van der Waals surface area contributed by atoms with Crippen LogP contribution in [0.4, 0.5) is 10.5 Å². The quantitative estimate of drug-likeness (QED) is 0.352. The summed E-state index contributed by atoms with van der Waals surface area (Å²) in [5.74, 6) is 0.247. The molecule has 2 aromatic rings. The Labute approximate surface area is 239 Å². The number of carbonyl (C=O) groups excluding carboxylic acids is 4. The number of urea groups is 1. The molecule has 11 nitrogen and oxygen atoms in total. The lowest BCUT2D eigenvalue weighted by molar-refractivity contribution is -0.130. The minimum absolute atomic E-state index is 0.00645. The Morgan fingerprint density at radius 3 is 2.39 bits per heavy atom. The average molecular weight is 562 g/mol. The molecule has 5 amide bonds. The highest BCUT2D eigenvalue weighted by Gasteiger charge is 2.53. The topological polar surface area (TPSA) is 137 Å². The molecule has 4 N–H and O–H groups in total. The second kappa shape index (κ2) is 10.5. The Hall–Kier alpha value is -3.89. The molecule has 3 atom stereocenters. The van der Waals surface area contributed by atoms with Gasteiger partial charge >= 0.3 is 6.03 Å². The van der Waals surface area contributed by atoms with Crippen molar-refractivity contribution < 1.29 is 19.2 Å². The minimum Gasteiger partial charge on any atom is -0.357 e. The predicted octanol–water partition coefficient (Wildman–Crippen LogP) is 1.98. The Morgan fingerprint density at radius 1 is 1.10 bits per heavy atom. The van der Waals surface area contributed by atoms with Crippen LogP contribution in [0.2, 0.25) is 0 Å². The van der Waals surface area contributed by atoms with Crippen LogP contribution >= 0.6 is 0 Å². The van der Waals surface area contributed by atoms with Gasteiger partial charge in [0.2, 0.25) is 11.8 Å². The zero-order chi connectivity index (χ0) is 28.9. The van der Waals surface area contributed by atoms with Gasteiger partial charge in [0, 0.05) is 51.4 Å². The molecule has 11 heteroatoms. The van der Waals surface area contributed by atoms with E-state index in [1.807, 2.05) is 25.1 Å². The molecule has 2 heterocycles. The molecular formula is C30H39N7O4. The minimum atomic E-state index is -1.02. The van der Waals surface area contributed by atoms with E-state index in [4.69, 9.17) is 0 Å². The lowest BCUT2D eigenvalue weighted by Crippen LogP contribution is -2.60. The van der Waals surface area contributed by atoms with Crippen LogP contribution in [0.15, 0.2) is 30.5 Å². The third kappa shape index (κ3) is 5.06. The maximum atomic E-state index is 13.8. The van der Waals surface area contributed by atoms with Gasteiger partial charge in [0.25, 0.3) is 5.91 Å². The molecular weight excluding hydrogens is 522 g/mol. The van der Waals surface area contributed by atoms with E-state index in [1.54, 1.807) is 31.3 Å². The van der Waals surface area contributed by atoms with Gasteiger partial charge in [0.15, 0.2) is 0 Å². The average Bonchev–Trinajstić information content (AvgIpc) is 3.86. The molecule has 4 aliphatic rings. The van der Waals surface area contributed by atoms with E-state index in [1.165, 1.54) is 4.68 Å². The Morgan fingerprint density at radius 2 is 1.80 bits per heavy atom. The van der Waals surface area contributed by atoms with E-state index in [0.29, 0.717) is 42.6 Å². The second-order valence-corrected chi connectivity index (χ2v) is 12.1. The maximum Gasteiger partial charge on any atom is 0.318 e. The third-order valence-corrected chi connectivity index (χ3v) is 9.41. The van der Waals surface area contributed by atoms with Gasteiger partial charge in [-0.05, 0) is 79.2 Å². The van der Waals surface area contributed by atoms with E-state index in [2.05, 4.69) is 26.4 Å².